The summed E-state index contributed by atoms with van der Waals surface area (Å²) in [5.41, 5.74) is 0. The molecule has 0 aliphatic heterocycles. The third-order valence-corrected chi connectivity index (χ3v) is 3.44. The van der Waals surface area contributed by atoms with E-state index >= 15 is 0 Å². The van der Waals surface area contributed by atoms with Gasteiger partial charge in [-0.05, 0) is 0 Å². The molecule has 8 heteroatoms. The van der Waals surface area contributed by atoms with Crippen LogP contribution in [0.1, 0.15) is 0 Å². The van der Waals surface area contributed by atoms with E-state index in [0.29, 0.717) is 0 Å². The van der Waals surface area contributed by atoms with Gasteiger partial charge in [-0.25, -0.2) is 0 Å². The summed E-state index contributed by atoms with van der Waals surface area (Å²) in [6.45, 7) is 0. The molecule has 0 unspecified atom stereocenters. The van der Waals surface area contributed by atoms with Crippen LogP contribution < -0.4 is 3.51 Å². The van der Waals surface area contributed by atoms with E-state index in [1.807, 2.05) is 0 Å². The van der Waals surface area contributed by atoms with Crippen molar-refractivity contribution in [2.75, 3.05) is 0 Å². The third-order valence-electron chi connectivity index (χ3n) is 1.36. The Morgan fingerprint density at radius 1 is 0.571 bits per heavy atom. The predicted octanol–water partition coefficient (Wildman–Crippen LogP) is 2.02. The molecule has 0 aromatic heterocycles. The van der Waals surface area contributed by atoms with Crippen molar-refractivity contribution >= 4 is 24.9 Å². The Labute approximate surface area is 81.9 Å². The third kappa shape index (κ3) is 1.69. The normalized spacial score (nSPS) is 11.1. The maximum atomic E-state index is 12.5. The van der Waals surface area contributed by atoms with Crippen molar-refractivity contribution in [3.8, 4) is 0 Å². The van der Waals surface area contributed by atoms with Gasteiger partial charge in [0.1, 0.15) is 0 Å². The van der Waals surface area contributed by atoms with Gasteiger partial charge in [0.05, 0.1) is 0 Å². The van der Waals surface area contributed by atoms with Crippen molar-refractivity contribution < 1.29 is 27.6 Å². The average molecular weight is 327 g/mol. The molecular formula is C6F7Sb. The van der Waals surface area contributed by atoms with Crippen LogP contribution in [0.15, 0.2) is 0 Å². The van der Waals surface area contributed by atoms with Crippen LogP contribution in [-0.2, 0) is 0 Å². The van der Waals surface area contributed by atoms with Gasteiger partial charge in [0.15, 0.2) is 0 Å². The Bertz CT molecular complexity index is 346. The molecule has 14 heavy (non-hydrogen) atoms. The first-order valence-corrected chi connectivity index (χ1v) is 6.21. The SMILES string of the molecule is Fc1c(F)c(F)[c]([Sb]([F])[F])c(F)c1F. The van der Waals surface area contributed by atoms with Crippen molar-refractivity contribution in [2.45, 2.75) is 0 Å². The van der Waals surface area contributed by atoms with E-state index < -0.39 is 54.0 Å². The number of rotatable bonds is 1. The molecule has 1 aromatic rings. The van der Waals surface area contributed by atoms with Gasteiger partial charge in [-0.3, -0.25) is 0 Å². The molecule has 0 aliphatic rings. The fourth-order valence-electron chi connectivity index (χ4n) is 0.742. The Hall–Kier alpha value is -0.452. The van der Waals surface area contributed by atoms with Gasteiger partial charge in [-0.2, -0.15) is 0 Å². The molecule has 0 bridgehead atoms. The fraction of sp³-hybridized carbons (Fsp3) is 0. The summed E-state index contributed by atoms with van der Waals surface area (Å²) in [5, 5.41) is 0. The molecule has 0 saturated heterocycles. The van der Waals surface area contributed by atoms with Crippen LogP contribution in [0.4, 0.5) is 27.6 Å². The maximum absolute atomic E-state index is 12.5. The minimum atomic E-state index is -5.50. The van der Waals surface area contributed by atoms with Gasteiger partial charge >= 0.3 is 81.5 Å². The summed E-state index contributed by atoms with van der Waals surface area (Å²) in [6, 6.07) is 0. The summed E-state index contributed by atoms with van der Waals surface area (Å²) in [5.74, 6) is -11.9. The van der Waals surface area contributed by atoms with Crippen LogP contribution in [-0.4, -0.2) is 21.4 Å². The van der Waals surface area contributed by atoms with E-state index in [9.17, 15) is 27.6 Å². The molecule has 0 aliphatic carbocycles. The first kappa shape index (κ1) is 11.6. The fourth-order valence-corrected chi connectivity index (χ4v) is 2.15. The minimum absolute atomic E-state index is 1.93. The standard InChI is InChI=1S/C6F5.2FH.Sb/c7-2-1-3(8)5(10)6(11)4(2)9;;;/h;2*1H;/q;;;+2/p-2. The molecule has 0 radical (unpaired) electrons. The second-order valence-corrected chi connectivity index (χ2v) is 4.76. The molecule has 0 heterocycles. The first-order chi connectivity index (χ1) is 6.37. The number of hydrogen-bond donors (Lipinski definition) is 0. The van der Waals surface area contributed by atoms with Crippen LogP contribution in [0.25, 0.3) is 0 Å². The van der Waals surface area contributed by atoms with E-state index in [4.69, 9.17) is 0 Å². The quantitative estimate of drug-likeness (QED) is 0.320. The van der Waals surface area contributed by atoms with Crippen LogP contribution in [0.3, 0.4) is 0 Å². The zero-order chi connectivity index (χ0) is 11.0. The molecule has 1 aromatic carbocycles. The molecule has 0 N–H and O–H groups in total. The van der Waals surface area contributed by atoms with Gasteiger partial charge in [0.25, 0.3) is 0 Å². The second kappa shape index (κ2) is 3.96. The summed E-state index contributed by atoms with van der Waals surface area (Å²) in [7, 11) is 0. The van der Waals surface area contributed by atoms with E-state index in [-0.39, 0.29) is 0 Å². The van der Waals surface area contributed by atoms with E-state index in [0.717, 1.165) is 0 Å². The monoisotopic (exact) mass is 326 g/mol. The van der Waals surface area contributed by atoms with Gasteiger partial charge in [-0.1, -0.05) is 0 Å². The van der Waals surface area contributed by atoms with Crippen molar-refractivity contribution in [1.29, 1.82) is 0 Å². The number of hydrogen-bond acceptors (Lipinski definition) is 0. The molecule has 78 valence electrons. The van der Waals surface area contributed by atoms with Crippen LogP contribution >= 0.6 is 0 Å². The van der Waals surface area contributed by atoms with Crippen LogP contribution in [0.5, 0.6) is 0 Å². The van der Waals surface area contributed by atoms with Gasteiger partial charge in [0.2, 0.25) is 0 Å². The second-order valence-electron chi connectivity index (χ2n) is 2.15. The van der Waals surface area contributed by atoms with Crippen LogP contribution in [0, 0.1) is 29.1 Å². The molecule has 0 amide bonds. The Morgan fingerprint density at radius 3 is 1.14 bits per heavy atom. The average Bonchev–Trinajstić information content (AvgIpc) is 2.11. The number of benzene rings is 1. The molecule has 0 spiro atoms. The summed E-state index contributed by atoms with van der Waals surface area (Å²) >= 11 is -5.50. The van der Waals surface area contributed by atoms with Crippen LogP contribution in [0.2, 0.25) is 0 Å². The van der Waals surface area contributed by atoms with Crippen molar-refractivity contribution in [1.82, 2.24) is 0 Å². The zero-order valence-electron chi connectivity index (χ0n) is 6.09. The Balaban J connectivity index is 3.60. The Morgan fingerprint density at radius 2 is 0.857 bits per heavy atom. The zero-order valence-corrected chi connectivity index (χ0v) is 8.65. The summed E-state index contributed by atoms with van der Waals surface area (Å²) < 4.78 is 84.0. The first-order valence-electron chi connectivity index (χ1n) is 3.01. The predicted molar refractivity (Wildman–Crippen MR) is 33.8 cm³/mol. The number of halogens is 7. The summed E-state index contributed by atoms with van der Waals surface area (Å²) in [4.78, 5) is 0. The molecule has 0 atom stereocenters. The molecule has 0 nitrogen and oxygen atoms in total. The van der Waals surface area contributed by atoms with E-state index in [2.05, 4.69) is 0 Å². The summed E-state index contributed by atoms with van der Waals surface area (Å²) in [6.07, 6.45) is 0. The van der Waals surface area contributed by atoms with Crippen molar-refractivity contribution in [3.63, 3.8) is 0 Å². The van der Waals surface area contributed by atoms with E-state index in [1.54, 1.807) is 0 Å². The van der Waals surface area contributed by atoms with Crippen molar-refractivity contribution in [2.24, 2.45) is 0 Å². The van der Waals surface area contributed by atoms with Gasteiger partial charge < -0.3 is 0 Å². The van der Waals surface area contributed by atoms with E-state index in [1.165, 1.54) is 0 Å². The topological polar surface area (TPSA) is 0 Å². The van der Waals surface area contributed by atoms with Crippen molar-refractivity contribution in [3.05, 3.63) is 29.1 Å². The van der Waals surface area contributed by atoms with Gasteiger partial charge in [0, 0.05) is 0 Å². The molecule has 0 fully saturated rings. The Kier molecular flexibility index (Phi) is 3.29. The molecule has 0 saturated carbocycles. The van der Waals surface area contributed by atoms with Gasteiger partial charge in [-0.15, -0.1) is 0 Å². The molecule has 1 rings (SSSR count). The molecular weight excluding hydrogens is 327 g/mol.